The molecule has 0 fully saturated rings. The fraction of sp³-hybridized carbons (Fsp3) is 0.455. The van der Waals surface area contributed by atoms with Gasteiger partial charge in [0.1, 0.15) is 12.4 Å². The summed E-state index contributed by atoms with van der Waals surface area (Å²) in [7, 11) is 0. The average Bonchev–Trinajstić information content (AvgIpc) is 2.31. The van der Waals surface area contributed by atoms with Crippen molar-refractivity contribution in [2.24, 2.45) is 5.84 Å². The molecule has 8 heteroatoms. The van der Waals surface area contributed by atoms with Crippen LogP contribution in [0.25, 0.3) is 0 Å². The van der Waals surface area contributed by atoms with Crippen LogP contribution in [-0.4, -0.2) is 25.4 Å². The zero-order valence-electron chi connectivity index (χ0n) is 9.81. The van der Waals surface area contributed by atoms with Crippen LogP contribution in [0.15, 0.2) is 18.2 Å². The Balaban J connectivity index is 2.49. The lowest BCUT2D eigenvalue weighted by atomic mass is 10.1. The minimum Gasteiger partial charge on any atom is -0.370 e. The Morgan fingerprint density at radius 3 is 2.58 bits per heavy atom. The fourth-order valence-corrected chi connectivity index (χ4v) is 1.55. The molecule has 0 amide bonds. The van der Waals surface area contributed by atoms with Gasteiger partial charge in [-0.05, 0) is 24.1 Å². The first-order valence-corrected chi connectivity index (χ1v) is 5.74. The number of ether oxygens (including phenoxy) is 1. The molecule has 0 aromatic heterocycles. The van der Waals surface area contributed by atoms with Crippen molar-refractivity contribution >= 4 is 11.6 Å². The summed E-state index contributed by atoms with van der Waals surface area (Å²) < 4.78 is 53.3. The number of nitrogens with two attached hydrogens (primary N) is 1. The Bertz CT molecular complexity index is 414. The maximum absolute atomic E-state index is 13.2. The van der Waals surface area contributed by atoms with Crippen LogP contribution >= 0.6 is 11.6 Å². The van der Waals surface area contributed by atoms with Crippen LogP contribution in [0.5, 0.6) is 0 Å². The number of benzene rings is 1. The number of alkyl halides is 3. The van der Waals surface area contributed by atoms with Gasteiger partial charge in [0.2, 0.25) is 0 Å². The molecule has 0 bridgehead atoms. The molecule has 0 spiro atoms. The first kappa shape index (κ1) is 16.2. The molecular formula is C11H13ClF4N2O. The van der Waals surface area contributed by atoms with Gasteiger partial charge in [0.25, 0.3) is 0 Å². The van der Waals surface area contributed by atoms with Gasteiger partial charge >= 0.3 is 6.18 Å². The SMILES string of the molecule is NNC(COCC(F)(F)F)Cc1ccc(Cl)c(F)c1. The van der Waals surface area contributed by atoms with Crippen molar-refractivity contribution in [1.82, 2.24) is 5.43 Å². The molecule has 0 aliphatic carbocycles. The predicted molar refractivity (Wildman–Crippen MR) is 63.1 cm³/mol. The summed E-state index contributed by atoms with van der Waals surface area (Å²) in [5.74, 6) is 4.62. The van der Waals surface area contributed by atoms with E-state index in [1.807, 2.05) is 0 Å². The van der Waals surface area contributed by atoms with Crippen molar-refractivity contribution < 1.29 is 22.3 Å². The van der Waals surface area contributed by atoms with E-state index in [1.165, 1.54) is 12.1 Å². The molecular weight excluding hydrogens is 288 g/mol. The maximum atomic E-state index is 13.2. The third kappa shape index (κ3) is 6.20. The number of hydrazine groups is 1. The lowest BCUT2D eigenvalue weighted by Crippen LogP contribution is -2.41. The van der Waals surface area contributed by atoms with Crippen molar-refractivity contribution in [1.29, 1.82) is 0 Å². The molecule has 0 saturated carbocycles. The molecule has 1 aromatic carbocycles. The number of halogens is 5. The van der Waals surface area contributed by atoms with Crippen molar-refractivity contribution in [3.8, 4) is 0 Å². The molecule has 0 saturated heterocycles. The smallest absolute Gasteiger partial charge is 0.370 e. The Kier molecular flexibility index (Phi) is 5.99. The van der Waals surface area contributed by atoms with Gasteiger partial charge in [-0.15, -0.1) is 0 Å². The topological polar surface area (TPSA) is 47.3 Å². The minimum atomic E-state index is -4.38. The van der Waals surface area contributed by atoms with E-state index in [9.17, 15) is 17.6 Å². The molecule has 1 atom stereocenters. The largest absolute Gasteiger partial charge is 0.411 e. The second kappa shape index (κ2) is 7.04. The van der Waals surface area contributed by atoms with E-state index >= 15 is 0 Å². The highest BCUT2D eigenvalue weighted by atomic mass is 35.5. The molecule has 0 aliphatic heterocycles. The molecule has 1 aromatic rings. The highest BCUT2D eigenvalue weighted by Crippen LogP contribution is 2.17. The third-order valence-corrected chi connectivity index (χ3v) is 2.59. The van der Waals surface area contributed by atoms with E-state index in [1.54, 1.807) is 6.07 Å². The van der Waals surface area contributed by atoms with Crippen molar-refractivity contribution in [2.45, 2.75) is 18.6 Å². The van der Waals surface area contributed by atoms with E-state index < -0.39 is 24.6 Å². The molecule has 3 nitrogen and oxygen atoms in total. The Hall–Kier alpha value is -0.890. The zero-order valence-corrected chi connectivity index (χ0v) is 10.6. The van der Waals surface area contributed by atoms with Gasteiger partial charge in [0.15, 0.2) is 0 Å². The summed E-state index contributed by atoms with van der Waals surface area (Å²) in [6, 6.07) is 3.59. The normalized spacial score (nSPS) is 13.6. The van der Waals surface area contributed by atoms with E-state index in [0.29, 0.717) is 5.56 Å². The van der Waals surface area contributed by atoms with Crippen LogP contribution in [0, 0.1) is 5.82 Å². The van der Waals surface area contributed by atoms with E-state index in [4.69, 9.17) is 17.4 Å². The van der Waals surface area contributed by atoms with Crippen molar-refractivity contribution in [2.75, 3.05) is 13.2 Å². The zero-order chi connectivity index (χ0) is 14.5. The summed E-state index contributed by atoms with van der Waals surface area (Å²) in [6.45, 7) is -1.58. The Labute approximate surface area is 112 Å². The molecule has 0 heterocycles. The van der Waals surface area contributed by atoms with Crippen LogP contribution in [0.1, 0.15) is 5.56 Å². The summed E-state index contributed by atoms with van der Waals surface area (Å²) >= 11 is 5.52. The van der Waals surface area contributed by atoms with Crippen LogP contribution in [-0.2, 0) is 11.2 Å². The van der Waals surface area contributed by atoms with Crippen LogP contribution < -0.4 is 11.3 Å². The summed E-state index contributed by atoms with van der Waals surface area (Å²) in [6.07, 6.45) is -4.16. The van der Waals surface area contributed by atoms with Crippen molar-refractivity contribution in [3.63, 3.8) is 0 Å². The number of rotatable bonds is 6. The maximum Gasteiger partial charge on any atom is 0.411 e. The first-order valence-electron chi connectivity index (χ1n) is 5.36. The minimum absolute atomic E-state index is 0.0191. The quantitative estimate of drug-likeness (QED) is 0.482. The van der Waals surface area contributed by atoms with Gasteiger partial charge in [-0.25, -0.2) is 4.39 Å². The van der Waals surface area contributed by atoms with Gasteiger partial charge < -0.3 is 4.74 Å². The lowest BCUT2D eigenvalue weighted by Gasteiger charge is -2.17. The van der Waals surface area contributed by atoms with Gasteiger partial charge in [0.05, 0.1) is 11.6 Å². The molecule has 0 aliphatic rings. The van der Waals surface area contributed by atoms with E-state index in [-0.39, 0.29) is 18.1 Å². The fourth-order valence-electron chi connectivity index (χ4n) is 1.43. The highest BCUT2D eigenvalue weighted by Gasteiger charge is 2.27. The number of hydrogen-bond acceptors (Lipinski definition) is 3. The standard InChI is InChI=1S/C11H13ClF4N2O/c12-9-2-1-7(4-10(9)13)3-8(18-17)5-19-6-11(14,15)16/h1-2,4,8,18H,3,5-6,17H2. The monoisotopic (exact) mass is 300 g/mol. The summed E-state index contributed by atoms with van der Waals surface area (Å²) in [5.41, 5.74) is 2.88. The van der Waals surface area contributed by atoms with E-state index in [0.717, 1.165) is 0 Å². The van der Waals surface area contributed by atoms with Gasteiger partial charge in [-0.3, -0.25) is 11.3 Å². The van der Waals surface area contributed by atoms with Gasteiger partial charge in [0, 0.05) is 6.04 Å². The van der Waals surface area contributed by atoms with Gasteiger partial charge in [-0.1, -0.05) is 17.7 Å². The molecule has 1 unspecified atom stereocenters. The van der Waals surface area contributed by atoms with Gasteiger partial charge in [-0.2, -0.15) is 13.2 Å². The third-order valence-electron chi connectivity index (χ3n) is 2.29. The summed E-state index contributed by atoms with van der Waals surface area (Å²) in [5, 5.41) is -0.0191. The van der Waals surface area contributed by atoms with Crippen LogP contribution in [0.4, 0.5) is 17.6 Å². The predicted octanol–water partition coefficient (Wildman–Crippen LogP) is 2.43. The van der Waals surface area contributed by atoms with Crippen LogP contribution in [0.2, 0.25) is 5.02 Å². The summed E-state index contributed by atoms with van der Waals surface area (Å²) in [4.78, 5) is 0. The molecule has 108 valence electrons. The van der Waals surface area contributed by atoms with Crippen molar-refractivity contribution in [3.05, 3.63) is 34.6 Å². The molecule has 1 rings (SSSR count). The second-order valence-corrected chi connectivity index (χ2v) is 4.35. The second-order valence-electron chi connectivity index (χ2n) is 3.95. The molecule has 0 radical (unpaired) electrons. The Morgan fingerprint density at radius 1 is 1.37 bits per heavy atom. The molecule has 3 N–H and O–H groups in total. The Morgan fingerprint density at radius 2 is 2.05 bits per heavy atom. The highest BCUT2D eigenvalue weighted by molar-refractivity contribution is 6.30. The van der Waals surface area contributed by atoms with Crippen LogP contribution in [0.3, 0.4) is 0 Å². The number of hydrogen-bond donors (Lipinski definition) is 2. The van der Waals surface area contributed by atoms with E-state index in [2.05, 4.69) is 10.2 Å². The lowest BCUT2D eigenvalue weighted by molar-refractivity contribution is -0.175. The number of nitrogens with one attached hydrogen (secondary N) is 1. The average molecular weight is 301 g/mol. The first-order chi connectivity index (χ1) is 8.81. The molecule has 19 heavy (non-hydrogen) atoms.